The SMILES string of the molecule is OC(Cc1cccnc1)c1ccccc1C(F)(F)F. The van der Waals surface area contributed by atoms with Gasteiger partial charge in [-0.15, -0.1) is 0 Å². The van der Waals surface area contributed by atoms with Crippen molar-refractivity contribution in [2.45, 2.75) is 18.7 Å². The zero-order chi connectivity index (χ0) is 13.9. The summed E-state index contributed by atoms with van der Waals surface area (Å²) in [6, 6.07) is 8.45. The minimum atomic E-state index is -4.47. The Hall–Kier alpha value is -1.88. The van der Waals surface area contributed by atoms with Crippen molar-refractivity contribution in [2.75, 3.05) is 0 Å². The first-order valence-electron chi connectivity index (χ1n) is 5.71. The number of aliphatic hydroxyl groups excluding tert-OH is 1. The summed E-state index contributed by atoms with van der Waals surface area (Å²) in [5, 5.41) is 9.99. The molecule has 0 bridgehead atoms. The fourth-order valence-electron chi connectivity index (χ4n) is 1.90. The number of alkyl halides is 3. The van der Waals surface area contributed by atoms with E-state index in [2.05, 4.69) is 4.98 Å². The van der Waals surface area contributed by atoms with Crippen molar-refractivity contribution in [2.24, 2.45) is 0 Å². The molecule has 0 amide bonds. The Balaban J connectivity index is 2.27. The molecule has 0 aliphatic carbocycles. The third-order valence-electron chi connectivity index (χ3n) is 2.78. The van der Waals surface area contributed by atoms with Crippen LogP contribution in [0.5, 0.6) is 0 Å². The largest absolute Gasteiger partial charge is 0.416 e. The lowest BCUT2D eigenvalue weighted by Gasteiger charge is -2.17. The predicted molar refractivity (Wildman–Crippen MR) is 64.3 cm³/mol. The average Bonchev–Trinajstić information content (AvgIpc) is 2.39. The highest BCUT2D eigenvalue weighted by atomic mass is 19.4. The lowest BCUT2D eigenvalue weighted by atomic mass is 9.97. The summed E-state index contributed by atoms with van der Waals surface area (Å²) in [7, 11) is 0. The van der Waals surface area contributed by atoms with Crippen LogP contribution in [-0.4, -0.2) is 10.1 Å². The third kappa shape index (κ3) is 3.32. The molecule has 1 N–H and O–H groups in total. The molecule has 0 aliphatic rings. The molecule has 100 valence electrons. The fraction of sp³-hybridized carbons (Fsp3) is 0.214. The van der Waals surface area contributed by atoms with Gasteiger partial charge >= 0.3 is 6.18 Å². The van der Waals surface area contributed by atoms with Gasteiger partial charge in [-0.3, -0.25) is 4.98 Å². The van der Waals surface area contributed by atoms with Gasteiger partial charge in [0.2, 0.25) is 0 Å². The Morgan fingerprint density at radius 2 is 1.84 bits per heavy atom. The Morgan fingerprint density at radius 3 is 2.47 bits per heavy atom. The average molecular weight is 267 g/mol. The van der Waals surface area contributed by atoms with Gasteiger partial charge in [0, 0.05) is 18.8 Å². The Kier molecular flexibility index (Phi) is 3.85. The highest BCUT2D eigenvalue weighted by molar-refractivity contribution is 5.32. The first-order chi connectivity index (χ1) is 8.98. The van der Waals surface area contributed by atoms with Crippen molar-refractivity contribution in [1.82, 2.24) is 4.98 Å². The summed E-state index contributed by atoms with van der Waals surface area (Å²) >= 11 is 0. The van der Waals surface area contributed by atoms with E-state index in [1.807, 2.05) is 0 Å². The number of hydrogen-bond acceptors (Lipinski definition) is 2. The molecule has 0 saturated carbocycles. The Bertz CT molecular complexity index is 540. The number of aromatic nitrogens is 1. The van der Waals surface area contributed by atoms with Crippen molar-refractivity contribution in [3.63, 3.8) is 0 Å². The van der Waals surface area contributed by atoms with Crippen LogP contribution in [0.2, 0.25) is 0 Å². The maximum atomic E-state index is 12.8. The van der Waals surface area contributed by atoms with Crippen LogP contribution in [-0.2, 0) is 12.6 Å². The topological polar surface area (TPSA) is 33.1 Å². The van der Waals surface area contributed by atoms with Gasteiger partial charge < -0.3 is 5.11 Å². The van der Waals surface area contributed by atoms with Crippen LogP contribution < -0.4 is 0 Å². The summed E-state index contributed by atoms with van der Waals surface area (Å²) in [6.45, 7) is 0. The second-order valence-electron chi connectivity index (χ2n) is 4.17. The van der Waals surface area contributed by atoms with Gasteiger partial charge in [-0.25, -0.2) is 0 Å². The summed E-state index contributed by atoms with van der Waals surface area (Å²) in [4.78, 5) is 3.87. The van der Waals surface area contributed by atoms with Crippen LogP contribution in [0.15, 0.2) is 48.8 Å². The zero-order valence-corrected chi connectivity index (χ0v) is 9.93. The van der Waals surface area contributed by atoms with Crippen LogP contribution in [0.1, 0.15) is 22.8 Å². The monoisotopic (exact) mass is 267 g/mol. The number of pyridine rings is 1. The highest BCUT2D eigenvalue weighted by Gasteiger charge is 2.34. The van der Waals surface area contributed by atoms with Gasteiger partial charge in [0.25, 0.3) is 0 Å². The summed E-state index contributed by atoms with van der Waals surface area (Å²) < 4.78 is 38.5. The molecule has 0 radical (unpaired) electrons. The number of nitrogens with zero attached hydrogens (tertiary/aromatic N) is 1. The third-order valence-corrected chi connectivity index (χ3v) is 2.78. The lowest BCUT2D eigenvalue weighted by molar-refractivity contribution is -0.139. The first-order valence-corrected chi connectivity index (χ1v) is 5.71. The molecule has 1 aromatic carbocycles. The van der Waals surface area contributed by atoms with Gasteiger partial charge in [0.1, 0.15) is 0 Å². The van der Waals surface area contributed by atoms with E-state index in [4.69, 9.17) is 0 Å². The molecule has 1 atom stereocenters. The van der Waals surface area contributed by atoms with Gasteiger partial charge in [0.15, 0.2) is 0 Å². The highest BCUT2D eigenvalue weighted by Crippen LogP contribution is 2.35. The second-order valence-corrected chi connectivity index (χ2v) is 4.17. The van der Waals surface area contributed by atoms with Crippen molar-refractivity contribution in [3.05, 3.63) is 65.5 Å². The van der Waals surface area contributed by atoms with Crippen molar-refractivity contribution >= 4 is 0 Å². The minimum Gasteiger partial charge on any atom is -0.388 e. The van der Waals surface area contributed by atoms with Crippen LogP contribution in [0, 0.1) is 0 Å². The van der Waals surface area contributed by atoms with E-state index < -0.39 is 17.8 Å². The standard InChI is InChI=1S/C14H12F3NO/c15-14(16,17)12-6-2-1-5-11(12)13(19)8-10-4-3-7-18-9-10/h1-7,9,13,19H,8H2. The number of benzene rings is 1. The molecule has 2 rings (SSSR count). The van der Waals surface area contributed by atoms with E-state index in [0.29, 0.717) is 5.56 Å². The number of hydrogen-bond donors (Lipinski definition) is 1. The fourth-order valence-corrected chi connectivity index (χ4v) is 1.90. The van der Waals surface area contributed by atoms with Gasteiger partial charge in [-0.1, -0.05) is 24.3 Å². The molecule has 1 unspecified atom stereocenters. The van der Waals surface area contributed by atoms with Crippen LogP contribution >= 0.6 is 0 Å². The van der Waals surface area contributed by atoms with Crippen LogP contribution in [0.4, 0.5) is 13.2 Å². The summed E-state index contributed by atoms with van der Waals surface area (Å²) in [6.07, 6.45) is -2.48. The molecule has 0 fully saturated rings. The quantitative estimate of drug-likeness (QED) is 0.924. The molecular weight excluding hydrogens is 255 g/mol. The smallest absolute Gasteiger partial charge is 0.388 e. The Labute approximate surface area is 108 Å². The van der Waals surface area contributed by atoms with Gasteiger partial charge in [-0.2, -0.15) is 13.2 Å². The molecule has 19 heavy (non-hydrogen) atoms. The van der Waals surface area contributed by atoms with Crippen molar-refractivity contribution < 1.29 is 18.3 Å². The van der Waals surface area contributed by atoms with E-state index >= 15 is 0 Å². The van der Waals surface area contributed by atoms with Gasteiger partial charge in [0.05, 0.1) is 11.7 Å². The molecule has 0 saturated heterocycles. The van der Waals surface area contributed by atoms with E-state index in [1.54, 1.807) is 18.3 Å². The van der Waals surface area contributed by atoms with E-state index in [1.165, 1.54) is 24.4 Å². The van der Waals surface area contributed by atoms with Gasteiger partial charge in [-0.05, 0) is 23.3 Å². The van der Waals surface area contributed by atoms with Crippen molar-refractivity contribution in [1.29, 1.82) is 0 Å². The molecule has 5 heteroatoms. The molecule has 1 aromatic heterocycles. The first kappa shape index (κ1) is 13.5. The maximum absolute atomic E-state index is 12.8. The maximum Gasteiger partial charge on any atom is 0.416 e. The number of rotatable bonds is 3. The molecule has 2 nitrogen and oxygen atoms in total. The predicted octanol–water partition coefficient (Wildman–Crippen LogP) is 3.38. The molecule has 0 aliphatic heterocycles. The number of halogens is 3. The lowest BCUT2D eigenvalue weighted by Crippen LogP contribution is -2.13. The zero-order valence-electron chi connectivity index (χ0n) is 9.93. The molecular formula is C14H12F3NO. The van der Waals surface area contributed by atoms with E-state index in [0.717, 1.165) is 6.07 Å². The van der Waals surface area contributed by atoms with Crippen molar-refractivity contribution in [3.8, 4) is 0 Å². The molecule has 2 aromatic rings. The Morgan fingerprint density at radius 1 is 1.11 bits per heavy atom. The molecule has 1 heterocycles. The van der Waals surface area contributed by atoms with E-state index in [-0.39, 0.29) is 12.0 Å². The summed E-state index contributed by atoms with van der Waals surface area (Å²) in [5.74, 6) is 0. The van der Waals surface area contributed by atoms with Crippen LogP contribution in [0.25, 0.3) is 0 Å². The summed E-state index contributed by atoms with van der Waals surface area (Å²) in [5.41, 5.74) is -0.225. The van der Waals surface area contributed by atoms with E-state index in [9.17, 15) is 18.3 Å². The molecule has 0 spiro atoms. The van der Waals surface area contributed by atoms with Crippen LogP contribution in [0.3, 0.4) is 0 Å². The second kappa shape index (κ2) is 5.40. The minimum absolute atomic E-state index is 0.0981. The number of aliphatic hydroxyl groups is 1. The normalized spacial score (nSPS) is 13.3.